The Kier molecular flexibility index (Phi) is 3.85. The maximum absolute atomic E-state index is 12.4. The van der Waals surface area contributed by atoms with Gasteiger partial charge in [0.15, 0.2) is 0 Å². The molecule has 0 saturated carbocycles. The van der Waals surface area contributed by atoms with Crippen molar-refractivity contribution in [2.75, 3.05) is 4.90 Å². The van der Waals surface area contributed by atoms with Crippen molar-refractivity contribution >= 4 is 34.8 Å². The number of carbonyl (C=O) groups excluding carboxylic acids is 1. The molecule has 1 aromatic rings. The highest BCUT2D eigenvalue weighted by molar-refractivity contribution is 6.33. The summed E-state index contributed by atoms with van der Waals surface area (Å²) in [7, 11) is 0. The maximum Gasteiger partial charge on any atom is 0.245 e. The van der Waals surface area contributed by atoms with Crippen LogP contribution in [0.2, 0.25) is 5.02 Å². The van der Waals surface area contributed by atoms with E-state index in [9.17, 15) is 4.79 Å². The molecular weight excluding hydrogens is 281 g/mol. The van der Waals surface area contributed by atoms with Crippen LogP contribution in [-0.2, 0) is 4.79 Å². The largest absolute Gasteiger partial charge is 0.305 e. The minimum absolute atomic E-state index is 0.0675. The second-order valence-electron chi connectivity index (χ2n) is 5.91. The van der Waals surface area contributed by atoms with Crippen LogP contribution in [-0.4, -0.2) is 16.8 Å². The SMILES string of the molecule is C[C@H](Cl)C(=O)N1c2cc(Cl)ccc2[C@H](C)CC1(C)C. The number of carbonyl (C=O) groups is 1. The predicted molar refractivity (Wildman–Crippen MR) is 81.4 cm³/mol. The molecule has 1 aromatic carbocycles. The molecule has 0 unspecified atom stereocenters. The second kappa shape index (κ2) is 4.99. The molecule has 1 aliphatic rings. The van der Waals surface area contributed by atoms with Crippen molar-refractivity contribution in [1.82, 2.24) is 0 Å². The van der Waals surface area contributed by atoms with Gasteiger partial charge in [-0.15, -0.1) is 11.6 Å². The van der Waals surface area contributed by atoms with Crippen LogP contribution < -0.4 is 4.90 Å². The topological polar surface area (TPSA) is 20.3 Å². The molecule has 0 bridgehead atoms. The molecule has 0 radical (unpaired) electrons. The Labute approximate surface area is 124 Å². The van der Waals surface area contributed by atoms with Crippen molar-refractivity contribution in [1.29, 1.82) is 0 Å². The lowest BCUT2D eigenvalue weighted by Crippen LogP contribution is -2.53. The minimum atomic E-state index is -0.542. The van der Waals surface area contributed by atoms with E-state index in [1.165, 1.54) is 0 Å². The quantitative estimate of drug-likeness (QED) is 0.695. The van der Waals surface area contributed by atoms with Crippen molar-refractivity contribution < 1.29 is 4.79 Å². The fourth-order valence-electron chi connectivity index (χ4n) is 3.00. The summed E-state index contributed by atoms with van der Waals surface area (Å²) in [4.78, 5) is 14.3. The zero-order valence-electron chi connectivity index (χ0n) is 11.7. The normalized spacial score (nSPS) is 22.8. The van der Waals surface area contributed by atoms with Gasteiger partial charge in [-0.3, -0.25) is 4.79 Å². The number of benzene rings is 1. The van der Waals surface area contributed by atoms with E-state index in [0.29, 0.717) is 10.9 Å². The first-order chi connectivity index (χ1) is 8.74. The average Bonchev–Trinajstić information content (AvgIpc) is 2.26. The van der Waals surface area contributed by atoms with Crippen molar-refractivity contribution in [3.05, 3.63) is 28.8 Å². The van der Waals surface area contributed by atoms with E-state index >= 15 is 0 Å². The number of hydrogen-bond donors (Lipinski definition) is 0. The Morgan fingerprint density at radius 3 is 2.68 bits per heavy atom. The lowest BCUT2D eigenvalue weighted by Gasteiger charge is -2.46. The minimum Gasteiger partial charge on any atom is -0.305 e. The summed E-state index contributed by atoms with van der Waals surface area (Å²) in [6.45, 7) is 8.04. The lowest BCUT2D eigenvalue weighted by molar-refractivity contribution is -0.119. The van der Waals surface area contributed by atoms with Crippen LogP contribution in [0.15, 0.2) is 18.2 Å². The molecule has 104 valence electrons. The Bertz CT molecular complexity index is 511. The van der Waals surface area contributed by atoms with E-state index in [1.54, 1.807) is 6.92 Å². The van der Waals surface area contributed by atoms with Crippen molar-refractivity contribution in [3.8, 4) is 0 Å². The van der Waals surface area contributed by atoms with Gasteiger partial charge in [0.2, 0.25) is 5.91 Å². The summed E-state index contributed by atoms with van der Waals surface area (Å²) in [5.74, 6) is 0.332. The lowest BCUT2D eigenvalue weighted by atomic mass is 9.80. The number of amides is 1. The number of halogens is 2. The van der Waals surface area contributed by atoms with Crippen molar-refractivity contribution in [2.45, 2.75) is 50.9 Å². The molecule has 0 N–H and O–H groups in total. The Morgan fingerprint density at radius 1 is 1.47 bits per heavy atom. The van der Waals surface area contributed by atoms with Gasteiger partial charge in [-0.25, -0.2) is 0 Å². The molecule has 0 saturated heterocycles. The standard InChI is InChI=1S/C15H19Cl2NO/c1-9-8-15(3,4)18(14(19)10(2)16)13-7-11(17)5-6-12(9)13/h5-7,9-10H,8H2,1-4H3/t9-,10+/m1/s1. The van der Waals surface area contributed by atoms with Gasteiger partial charge in [0.05, 0.1) is 0 Å². The second-order valence-corrected chi connectivity index (χ2v) is 7.00. The molecule has 19 heavy (non-hydrogen) atoms. The van der Waals surface area contributed by atoms with E-state index in [1.807, 2.05) is 23.1 Å². The highest BCUT2D eigenvalue weighted by Crippen LogP contribution is 2.44. The molecule has 1 heterocycles. The fourth-order valence-corrected chi connectivity index (χ4v) is 3.26. The van der Waals surface area contributed by atoms with Gasteiger partial charge in [0, 0.05) is 16.2 Å². The van der Waals surface area contributed by atoms with Gasteiger partial charge >= 0.3 is 0 Å². The Hall–Kier alpha value is -0.730. The van der Waals surface area contributed by atoms with Crippen LogP contribution in [0.3, 0.4) is 0 Å². The Balaban J connectivity index is 2.60. The van der Waals surface area contributed by atoms with Crippen molar-refractivity contribution in [3.63, 3.8) is 0 Å². The smallest absolute Gasteiger partial charge is 0.245 e. The third kappa shape index (κ3) is 2.61. The molecule has 2 atom stereocenters. The number of alkyl halides is 1. The maximum atomic E-state index is 12.4. The molecule has 0 fully saturated rings. The highest BCUT2D eigenvalue weighted by Gasteiger charge is 2.40. The first-order valence-corrected chi connectivity index (χ1v) is 7.33. The number of nitrogens with zero attached hydrogens (tertiary/aromatic N) is 1. The summed E-state index contributed by atoms with van der Waals surface area (Å²) in [6, 6.07) is 5.75. The van der Waals surface area contributed by atoms with Crippen LogP contribution >= 0.6 is 23.2 Å². The first kappa shape index (κ1) is 14.7. The van der Waals surface area contributed by atoms with Crippen molar-refractivity contribution in [2.24, 2.45) is 0 Å². The summed E-state index contributed by atoms with van der Waals surface area (Å²) < 4.78 is 0. The zero-order valence-corrected chi connectivity index (χ0v) is 13.2. The monoisotopic (exact) mass is 299 g/mol. The average molecular weight is 300 g/mol. The fraction of sp³-hybridized carbons (Fsp3) is 0.533. The molecule has 1 aliphatic heterocycles. The molecule has 2 nitrogen and oxygen atoms in total. The number of rotatable bonds is 1. The van der Waals surface area contributed by atoms with Crippen LogP contribution in [0.1, 0.15) is 45.6 Å². The molecule has 1 amide bonds. The summed E-state index contributed by atoms with van der Waals surface area (Å²) >= 11 is 12.1. The third-order valence-electron chi connectivity index (χ3n) is 3.74. The third-order valence-corrected chi connectivity index (χ3v) is 4.16. The van der Waals surface area contributed by atoms with E-state index in [-0.39, 0.29) is 11.4 Å². The van der Waals surface area contributed by atoms with Gasteiger partial charge in [-0.1, -0.05) is 24.6 Å². The van der Waals surface area contributed by atoms with Crippen LogP contribution in [0.5, 0.6) is 0 Å². The van der Waals surface area contributed by atoms with Crippen LogP contribution in [0.4, 0.5) is 5.69 Å². The molecule has 2 rings (SSSR count). The number of anilines is 1. The van der Waals surface area contributed by atoms with E-state index in [2.05, 4.69) is 20.8 Å². The summed E-state index contributed by atoms with van der Waals surface area (Å²) in [6.07, 6.45) is 0.914. The predicted octanol–water partition coefficient (Wildman–Crippen LogP) is 4.59. The van der Waals surface area contributed by atoms with Gasteiger partial charge < -0.3 is 4.90 Å². The van der Waals surface area contributed by atoms with E-state index < -0.39 is 5.38 Å². The summed E-state index contributed by atoms with van der Waals surface area (Å²) in [5.41, 5.74) is 1.81. The van der Waals surface area contributed by atoms with E-state index in [0.717, 1.165) is 17.7 Å². The number of hydrogen-bond acceptors (Lipinski definition) is 1. The molecule has 0 aliphatic carbocycles. The molecule has 0 spiro atoms. The zero-order chi connectivity index (χ0) is 14.4. The highest BCUT2D eigenvalue weighted by atomic mass is 35.5. The van der Waals surface area contributed by atoms with Gasteiger partial charge in [0.1, 0.15) is 5.38 Å². The molecule has 0 aromatic heterocycles. The van der Waals surface area contributed by atoms with Crippen LogP contribution in [0.25, 0.3) is 0 Å². The van der Waals surface area contributed by atoms with Crippen LogP contribution in [0, 0.1) is 0 Å². The van der Waals surface area contributed by atoms with Gasteiger partial charge in [-0.05, 0) is 50.8 Å². The van der Waals surface area contributed by atoms with Gasteiger partial charge in [-0.2, -0.15) is 0 Å². The Morgan fingerprint density at radius 2 is 2.11 bits per heavy atom. The van der Waals surface area contributed by atoms with Gasteiger partial charge in [0.25, 0.3) is 0 Å². The van der Waals surface area contributed by atoms with E-state index in [4.69, 9.17) is 23.2 Å². The summed E-state index contributed by atoms with van der Waals surface area (Å²) in [5, 5.41) is 0.100. The molecule has 4 heteroatoms. The first-order valence-electron chi connectivity index (χ1n) is 6.51. The molecular formula is C15H19Cl2NO. The number of fused-ring (bicyclic) bond motifs is 1.